The molecule has 21 heavy (non-hydrogen) atoms. The number of halogens is 1. The Kier molecular flexibility index (Phi) is 4.90. The number of carboxylic acids is 1. The van der Waals surface area contributed by atoms with Gasteiger partial charge in [0.25, 0.3) is 0 Å². The fourth-order valence-electron chi connectivity index (χ4n) is 2.39. The summed E-state index contributed by atoms with van der Waals surface area (Å²) in [5, 5.41) is 8.79. The van der Waals surface area contributed by atoms with Crippen LogP contribution in [0.1, 0.15) is 12.8 Å². The maximum Gasteiger partial charge on any atom is 0.303 e. The maximum atomic E-state index is 12.5. The van der Waals surface area contributed by atoms with Crippen LogP contribution in [-0.2, 0) is 14.8 Å². The Bertz CT molecular complexity index is 646. The van der Waals surface area contributed by atoms with E-state index < -0.39 is 16.0 Å². The van der Waals surface area contributed by atoms with Crippen molar-refractivity contribution in [3.8, 4) is 5.75 Å². The molecule has 1 aliphatic heterocycles. The second-order valence-corrected chi connectivity index (χ2v) is 7.70. The van der Waals surface area contributed by atoms with Crippen molar-refractivity contribution in [3.63, 3.8) is 0 Å². The molecule has 6 nitrogen and oxygen atoms in total. The van der Waals surface area contributed by atoms with Gasteiger partial charge in [0.1, 0.15) is 5.75 Å². The average Bonchev–Trinajstić information content (AvgIpc) is 2.87. The second-order valence-electron chi connectivity index (χ2n) is 4.91. The number of ether oxygens (including phenoxy) is 1. The highest BCUT2D eigenvalue weighted by atomic mass is 79.9. The van der Waals surface area contributed by atoms with E-state index in [2.05, 4.69) is 15.9 Å². The zero-order chi connectivity index (χ0) is 15.6. The summed E-state index contributed by atoms with van der Waals surface area (Å²) in [5.41, 5.74) is 0. The van der Waals surface area contributed by atoms with E-state index in [1.165, 1.54) is 23.5 Å². The van der Waals surface area contributed by atoms with E-state index in [4.69, 9.17) is 9.84 Å². The number of nitrogens with zero attached hydrogens (tertiary/aromatic N) is 1. The lowest BCUT2D eigenvalue weighted by Crippen LogP contribution is -2.29. The molecule has 1 N–H and O–H groups in total. The summed E-state index contributed by atoms with van der Waals surface area (Å²) in [6, 6.07) is 4.57. The van der Waals surface area contributed by atoms with Crippen molar-refractivity contribution in [2.24, 2.45) is 5.92 Å². The monoisotopic (exact) mass is 377 g/mol. The third-order valence-corrected chi connectivity index (χ3v) is 5.95. The van der Waals surface area contributed by atoms with E-state index >= 15 is 0 Å². The lowest BCUT2D eigenvalue weighted by molar-refractivity contribution is -0.137. The molecular formula is C13H16BrNO5S. The van der Waals surface area contributed by atoms with Gasteiger partial charge in [-0.1, -0.05) is 0 Å². The van der Waals surface area contributed by atoms with E-state index in [1.54, 1.807) is 6.07 Å². The number of rotatable bonds is 5. The summed E-state index contributed by atoms with van der Waals surface area (Å²) in [4.78, 5) is 10.9. The van der Waals surface area contributed by atoms with Crippen LogP contribution in [0, 0.1) is 5.92 Å². The van der Waals surface area contributed by atoms with Crippen LogP contribution in [0.25, 0.3) is 0 Å². The lowest BCUT2D eigenvalue weighted by Gasteiger charge is -2.17. The standard InChI is InChI=1S/C13H16BrNO5S/c1-20-12-3-2-10(7-11(12)14)21(18,19)15-5-4-9(8-15)6-13(16)17/h2-3,7,9H,4-6,8H2,1H3,(H,16,17). The lowest BCUT2D eigenvalue weighted by atomic mass is 10.1. The number of carboxylic acid groups (broad SMARTS) is 1. The van der Waals surface area contributed by atoms with Crippen LogP contribution >= 0.6 is 15.9 Å². The Morgan fingerprint density at radius 1 is 1.52 bits per heavy atom. The molecule has 0 aliphatic carbocycles. The highest BCUT2D eigenvalue weighted by Gasteiger charge is 2.33. The van der Waals surface area contributed by atoms with Crippen molar-refractivity contribution in [1.29, 1.82) is 0 Å². The normalized spacial score (nSPS) is 19.6. The molecule has 0 radical (unpaired) electrons. The van der Waals surface area contributed by atoms with E-state index in [0.717, 1.165) is 0 Å². The molecule has 1 aromatic carbocycles. The Labute approximate surface area is 131 Å². The third kappa shape index (κ3) is 3.56. The minimum atomic E-state index is -3.60. The van der Waals surface area contributed by atoms with Crippen LogP contribution < -0.4 is 4.74 Å². The average molecular weight is 378 g/mol. The number of aliphatic carboxylic acids is 1. The first-order chi connectivity index (χ1) is 9.84. The van der Waals surface area contributed by atoms with Gasteiger partial charge in [-0.25, -0.2) is 8.42 Å². The van der Waals surface area contributed by atoms with Crippen molar-refractivity contribution in [3.05, 3.63) is 22.7 Å². The van der Waals surface area contributed by atoms with E-state index in [-0.39, 0.29) is 23.8 Å². The van der Waals surface area contributed by atoms with Gasteiger partial charge in [-0.05, 0) is 46.5 Å². The Morgan fingerprint density at radius 3 is 2.81 bits per heavy atom. The van der Waals surface area contributed by atoms with Crippen LogP contribution in [0.5, 0.6) is 5.75 Å². The summed E-state index contributed by atoms with van der Waals surface area (Å²) < 4.78 is 32.1. The van der Waals surface area contributed by atoms with Gasteiger partial charge in [-0.3, -0.25) is 4.79 Å². The van der Waals surface area contributed by atoms with Crippen molar-refractivity contribution in [1.82, 2.24) is 4.31 Å². The fraction of sp³-hybridized carbons (Fsp3) is 0.462. The van der Waals surface area contributed by atoms with Crippen LogP contribution in [0.2, 0.25) is 0 Å². The zero-order valence-electron chi connectivity index (χ0n) is 11.5. The molecule has 116 valence electrons. The fourth-order valence-corrected chi connectivity index (χ4v) is 4.64. The summed E-state index contributed by atoms with van der Waals surface area (Å²) in [6.45, 7) is 0.599. The molecule has 1 unspecified atom stereocenters. The molecule has 0 spiro atoms. The molecule has 0 saturated carbocycles. The Balaban J connectivity index is 2.19. The first-order valence-electron chi connectivity index (χ1n) is 6.40. The van der Waals surface area contributed by atoms with Crippen molar-refractivity contribution >= 4 is 31.9 Å². The largest absolute Gasteiger partial charge is 0.496 e. The van der Waals surface area contributed by atoms with Crippen LogP contribution in [0.4, 0.5) is 0 Å². The Morgan fingerprint density at radius 2 is 2.24 bits per heavy atom. The highest BCUT2D eigenvalue weighted by molar-refractivity contribution is 9.10. The SMILES string of the molecule is COc1ccc(S(=O)(=O)N2CCC(CC(=O)O)C2)cc1Br. The molecule has 1 atom stereocenters. The van der Waals surface area contributed by atoms with Crippen molar-refractivity contribution in [2.75, 3.05) is 20.2 Å². The van der Waals surface area contributed by atoms with Crippen molar-refractivity contribution < 1.29 is 23.1 Å². The molecule has 0 bridgehead atoms. The molecule has 1 aromatic rings. The van der Waals surface area contributed by atoms with E-state index in [0.29, 0.717) is 23.2 Å². The van der Waals surface area contributed by atoms with Gasteiger partial charge in [0.05, 0.1) is 16.5 Å². The molecule has 2 rings (SSSR count). The molecule has 1 aliphatic rings. The van der Waals surface area contributed by atoms with Crippen molar-refractivity contribution in [2.45, 2.75) is 17.7 Å². The number of carbonyl (C=O) groups is 1. The van der Waals surface area contributed by atoms with Gasteiger partial charge < -0.3 is 9.84 Å². The number of hydrogen-bond donors (Lipinski definition) is 1. The molecular weight excluding hydrogens is 362 g/mol. The number of benzene rings is 1. The van der Waals surface area contributed by atoms with Crippen LogP contribution in [0.15, 0.2) is 27.6 Å². The van der Waals surface area contributed by atoms with E-state index in [1.807, 2.05) is 0 Å². The quantitative estimate of drug-likeness (QED) is 0.847. The van der Waals surface area contributed by atoms with Gasteiger partial charge in [0, 0.05) is 19.5 Å². The van der Waals surface area contributed by atoms with E-state index in [9.17, 15) is 13.2 Å². The first kappa shape index (κ1) is 16.3. The van der Waals surface area contributed by atoms with Gasteiger partial charge >= 0.3 is 5.97 Å². The maximum absolute atomic E-state index is 12.5. The number of methoxy groups -OCH3 is 1. The molecule has 1 saturated heterocycles. The summed E-state index contributed by atoms with van der Waals surface area (Å²) in [7, 11) is -2.09. The van der Waals surface area contributed by atoms with Gasteiger partial charge in [0.2, 0.25) is 10.0 Å². The van der Waals surface area contributed by atoms with Gasteiger partial charge in [-0.2, -0.15) is 4.31 Å². The predicted octanol–water partition coefficient (Wildman–Crippen LogP) is 1.94. The smallest absolute Gasteiger partial charge is 0.303 e. The first-order valence-corrected chi connectivity index (χ1v) is 8.63. The van der Waals surface area contributed by atoms with Crippen LogP contribution in [0.3, 0.4) is 0 Å². The molecule has 0 amide bonds. The van der Waals surface area contributed by atoms with Gasteiger partial charge in [-0.15, -0.1) is 0 Å². The molecule has 0 aromatic heterocycles. The summed E-state index contributed by atoms with van der Waals surface area (Å²) >= 11 is 3.27. The topological polar surface area (TPSA) is 83.9 Å². The third-order valence-electron chi connectivity index (χ3n) is 3.47. The minimum Gasteiger partial charge on any atom is -0.496 e. The highest BCUT2D eigenvalue weighted by Crippen LogP contribution is 2.31. The number of hydrogen-bond acceptors (Lipinski definition) is 4. The van der Waals surface area contributed by atoms with Crippen LogP contribution in [-0.4, -0.2) is 44.0 Å². The molecule has 1 heterocycles. The number of sulfonamides is 1. The summed E-state index contributed by atoms with van der Waals surface area (Å²) in [5.74, 6) is -0.468. The molecule has 8 heteroatoms. The molecule has 1 fully saturated rings. The zero-order valence-corrected chi connectivity index (χ0v) is 13.9. The predicted molar refractivity (Wildman–Crippen MR) is 79.8 cm³/mol. The van der Waals surface area contributed by atoms with Gasteiger partial charge in [0.15, 0.2) is 0 Å². The minimum absolute atomic E-state index is 0.00166. The Hall–Kier alpha value is -1.12. The second kappa shape index (κ2) is 6.33. The summed E-state index contributed by atoms with van der Waals surface area (Å²) in [6.07, 6.45) is 0.571.